The van der Waals surface area contributed by atoms with Crippen molar-refractivity contribution in [3.05, 3.63) is 23.8 Å². The van der Waals surface area contributed by atoms with E-state index in [9.17, 15) is 14.4 Å². The Hall–Kier alpha value is -2.37. The van der Waals surface area contributed by atoms with E-state index >= 15 is 0 Å². The third-order valence-corrected chi connectivity index (χ3v) is 5.02. The predicted molar refractivity (Wildman–Crippen MR) is 91.9 cm³/mol. The Bertz CT molecular complexity index is 670. The molecule has 1 heterocycles. The third kappa shape index (κ3) is 3.13. The van der Waals surface area contributed by atoms with E-state index in [4.69, 9.17) is 0 Å². The Balaban J connectivity index is 1.74. The standard InChI is InChI=1S/C18H23N3O3/c1-11-5-3-6-13(11)19-18(24)20-14-7-4-8-15(12(14)2)21-16(22)9-10-17(21)23/h4,7-8,11,13H,3,5-6,9-10H2,1-2H3,(H2,19,20,24)/t11-,13+/m1/s1. The highest BCUT2D eigenvalue weighted by Gasteiger charge is 2.32. The molecule has 0 aromatic heterocycles. The van der Waals surface area contributed by atoms with Crippen molar-refractivity contribution in [1.82, 2.24) is 5.32 Å². The summed E-state index contributed by atoms with van der Waals surface area (Å²) < 4.78 is 0. The van der Waals surface area contributed by atoms with Crippen LogP contribution < -0.4 is 15.5 Å². The number of benzene rings is 1. The number of nitrogens with one attached hydrogen (secondary N) is 2. The molecule has 24 heavy (non-hydrogen) atoms. The molecule has 128 valence electrons. The molecule has 6 nitrogen and oxygen atoms in total. The number of urea groups is 1. The highest BCUT2D eigenvalue weighted by Crippen LogP contribution is 2.31. The highest BCUT2D eigenvalue weighted by molar-refractivity contribution is 6.20. The minimum absolute atomic E-state index is 0.190. The Morgan fingerprint density at radius 1 is 1.17 bits per heavy atom. The van der Waals surface area contributed by atoms with Gasteiger partial charge in [0.05, 0.1) is 5.69 Å². The molecule has 0 bridgehead atoms. The molecule has 6 heteroatoms. The monoisotopic (exact) mass is 329 g/mol. The van der Waals surface area contributed by atoms with Crippen molar-refractivity contribution in [2.45, 2.75) is 52.0 Å². The van der Waals surface area contributed by atoms with Gasteiger partial charge in [0.15, 0.2) is 0 Å². The molecule has 4 amide bonds. The van der Waals surface area contributed by atoms with E-state index in [1.54, 1.807) is 18.2 Å². The second-order valence-corrected chi connectivity index (χ2v) is 6.69. The lowest BCUT2D eigenvalue weighted by Crippen LogP contribution is -2.39. The van der Waals surface area contributed by atoms with Crippen LogP contribution in [-0.4, -0.2) is 23.9 Å². The van der Waals surface area contributed by atoms with Gasteiger partial charge in [0.2, 0.25) is 11.8 Å². The van der Waals surface area contributed by atoms with E-state index in [2.05, 4.69) is 17.6 Å². The number of anilines is 2. The van der Waals surface area contributed by atoms with Gasteiger partial charge in [0, 0.05) is 24.6 Å². The van der Waals surface area contributed by atoms with Crippen LogP contribution in [-0.2, 0) is 9.59 Å². The Morgan fingerprint density at radius 3 is 2.50 bits per heavy atom. The number of hydrogen-bond donors (Lipinski definition) is 2. The number of amides is 4. The SMILES string of the molecule is Cc1c(NC(=O)N[C@H]2CCC[C@H]2C)cccc1N1C(=O)CCC1=O. The minimum Gasteiger partial charge on any atom is -0.335 e. The first-order valence-corrected chi connectivity index (χ1v) is 8.50. The van der Waals surface area contributed by atoms with Crippen molar-refractivity contribution in [2.75, 3.05) is 10.2 Å². The Labute approximate surface area is 141 Å². The average molecular weight is 329 g/mol. The minimum atomic E-state index is -0.243. The summed E-state index contributed by atoms with van der Waals surface area (Å²) in [6, 6.07) is 5.22. The fraction of sp³-hybridized carbons (Fsp3) is 0.500. The smallest absolute Gasteiger partial charge is 0.319 e. The average Bonchev–Trinajstić information content (AvgIpc) is 3.08. The van der Waals surface area contributed by atoms with Gasteiger partial charge < -0.3 is 10.6 Å². The van der Waals surface area contributed by atoms with Gasteiger partial charge in [-0.05, 0) is 43.4 Å². The number of carbonyl (C=O) groups excluding carboxylic acids is 3. The van der Waals surface area contributed by atoms with E-state index < -0.39 is 0 Å². The summed E-state index contributed by atoms with van der Waals surface area (Å²) in [5.41, 5.74) is 1.88. The molecule has 1 saturated carbocycles. The van der Waals surface area contributed by atoms with Crippen LogP contribution in [0.4, 0.5) is 16.2 Å². The largest absolute Gasteiger partial charge is 0.335 e. The summed E-state index contributed by atoms with van der Waals surface area (Å²) in [5.74, 6) is 0.108. The summed E-state index contributed by atoms with van der Waals surface area (Å²) in [7, 11) is 0. The van der Waals surface area contributed by atoms with Gasteiger partial charge in [0.1, 0.15) is 0 Å². The molecule has 2 N–H and O–H groups in total. The van der Waals surface area contributed by atoms with E-state index in [1.807, 2.05) is 6.92 Å². The number of nitrogens with zero attached hydrogens (tertiary/aromatic N) is 1. The lowest BCUT2D eigenvalue weighted by Gasteiger charge is -2.21. The molecule has 1 aromatic rings. The van der Waals surface area contributed by atoms with E-state index in [-0.39, 0.29) is 36.7 Å². The zero-order chi connectivity index (χ0) is 17.3. The van der Waals surface area contributed by atoms with Crippen LogP contribution in [0.15, 0.2) is 18.2 Å². The molecule has 2 atom stereocenters. The van der Waals surface area contributed by atoms with Crippen molar-refractivity contribution in [1.29, 1.82) is 0 Å². The van der Waals surface area contributed by atoms with Crippen molar-refractivity contribution in [2.24, 2.45) is 5.92 Å². The maximum absolute atomic E-state index is 12.3. The molecule has 1 aliphatic carbocycles. The van der Waals surface area contributed by atoms with Gasteiger partial charge >= 0.3 is 6.03 Å². The van der Waals surface area contributed by atoms with Crippen LogP contribution in [0.3, 0.4) is 0 Å². The lowest BCUT2D eigenvalue weighted by atomic mass is 10.1. The summed E-state index contributed by atoms with van der Waals surface area (Å²) in [4.78, 5) is 37.4. The zero-order valence-electron chi connectivity index (χ0n) is 14.1. The topological polar surface area (TPSA) is 78.5 Å². The van der Waals surface area contributed by atoms with Crippen LogP contribution in [0, 0.1) is 12.8 Å². The maximum atomic E-state index is 12.3. The fourth-order valence-corrected chi connectivity index (χ4v) is 3.53. The summed E-state index contributed by atoms with van der Waals surface area (Å²) >= 11 is 0. The van der Waals surface area contributed by atoms with Crippen molar-refractivity contribution < 1.29 is 14.4 Å². The molecule has 2 aliphatic rings. The van der Waals surface area contributed by atoms with E-state index in [1.165, 1.54) is 4.90 Å². The van der Waals surface area contributed by atoms with Crippen LogP contribution >= 0.6 is 0 Å². The van der Waals surface area contributed by atoms with Crippen molar-refractivity contribution in [3.63, 3.8) is 0 Å². The molecular formula is C18H23N3O3. The predicted octanol–water partition coefficient (Wildman–Crippen LogP) is 2.96. The molecule has 3 rings (SSSR count). The van der Waals surface area contributed by atoms with Gasteiger partial charge in [-0.1, -0.05) is 19.4 Å². The third-order valence-electron chi connectivity index (χ3n) is 5.02. The molecule has 0 unspecified atom stereocenters. The second-order valence-electron chi connectivity index (χ2n) is 6.69. The normalized spacial score (nSPS) is 23.7. The fourth-order valence-electron chi connectivity index (χ4n) is 3.53. The van der Waals surface area contributed by atoms with E-state index in [0.29, 0.717) is 17.3 Å². The van der Waals surface area contributed by atoms with Crippen LogP contribution in [0.1, 0.15) is 44.6 Å². The van der Waals surface area contributed by atoms with Crippen molar-refractivity contribution in [3.8, 4) is 0 Å². The van der Waals surface area contributed by atoms with Gasteiger partial charge in [-0.2, -0.15) is 0 Å². The Kier molecular flexibility index (Phi) is 4.55. The first-order valence-electron chi connectivity index (χ1n) is 8.50. The van der Waals surface area contributed by atoms with E-state index in [0.717, 1.165) is 24.8 Å². The van der Waals surface area contributed by atoms with Gasteiger partial charge in [-0.25, -0.2) is 4.79 Å². The van der Waals surface area contributed by atoms with Crippen molar-refractivity contribution >= 4 is 29.2 Å². The molecule has 0 radical (unpaired) electrons. The molecular weight excluding hydrogens is 306 g/mol. The molecule has 1 saturated heterocycles. The quantitative estimate of drug-likeness (QED) is 0.837. The maximum Gasteiger partial charge on any atom is 0.319 e. The number of carbonyl (C=O) groups is 3. The number of imide groups is 1. The second kappa shape index (κ2) is 6.63. The molecule has 2 fully saturated rings. The Morgan fingerprint density at radius 2 is 1.88 bits per heavy atom. The number of rotatable bonds is 3. The van der Waals surface area contributed by atoms with Gasteiger partial charge in [-0.15, -0.1) is 0 Å². The summed E-state index contributed by atoms with van der Waals surface area (Å²) in [6.07, 6.45) is 3.77. The number of hydrogen-bond acceptors (Lipinski definition) is 3. The summed E-state index contributed by atoms with van der Waals surface area (Å²) in [5, 5.41) is 5.87. The highest BCUT2D eigenvalue weighted by atomic mass is 16.2. The lowest BCUT2D eigenvalue weighted by molar-refractivity contribution is -0.121. The zero-order valence-corrected chi connectivity index (χ0v) is 14.1. The molecule has 1 aliphatic heterocycles. The first kappa shape index (κ1) is 16.5. The van der Waals surface area contributed by atoms with Gasteiger partial charge in [-0.3, -0.25) is 14.5 Å². The summed E-state index contributed by atoms with van der Waals surface area (Å²) in [6.45, 7) is 3.95. The van der Waals surface area contributed by atoms with Crippen LogP contribution in [0.25, 0.3) is 0 Å². The molecule has 0 spiro atoms. The molecule has 1 aromatic carbocycles. The van der Waals surface area contributed by atoms with Crippen LogP contribution in [0.2, 0.25) is 0 Å². The first-order chi connectivity index (χ1) is 11.5. The van der Waals surface area contributed by atoms with Gasteiger partial charge in [0.25, 0.3) is 0 Å². The van der Waals surface area contributed by atoms with Crippen LogP contribution in [0.5, 0.6) is 0 Å².